The molecule has 0 aliphatic heterocycles. The first-order chi connectivity index (χ1) is 7.95. The number of rotatable bonds is 5. The summed E-state index contributed by atoms with van der Waals surface area (Å²) >= 11 is 1.66. The number of nitrogens with one attached hydrogen (secondary N) is 1. The minimum absolute atomic E-state index is 0.0346. The van der Waals surface area contributed by atoms with Gasteiger partial charge in [0.2, 0.25) is 11.8 Å². The van der Waals surface area contributed by atoms with Gasteiger partial charge in [-0.15, -0.1) is 0 Å². The third kappa shape index (κ3) is 3.45. The monoisotopic (exact) mass is 257 g/mol. The summed E-state index contributed by atoms with van der Waals surface area (Å²) in [6, 6.07) is 0. The molecule has 7 nitrogen and oxygen atoms in total. The number of nitrogens with two attached hydrogens (primary N) is 1. The minimum Gasteiger partial charge on any atom is -0.368 e. The summed E-state index contributed by atoms with van der Waals surface area (Å²) in [5, 5.41) is 14.2. The molecule has 1 aromatic rings. The summed E-state index contributed by atoms with van der Waals surface area (Å²) in [4.78, 5) is 18.1. The topological polar surface area (TPSA) is 107 Å². The van der Waals surface area contributed by atoms with Crippen LogP contribution in [-0.4, -0.2) is 32.9 Å². The largest absolute Gasteiger partial charge is 0.368 e. The molecule has 1 atom stereocenters. The van der Waals surface area contributed by atoms with Crippen LogP contribution in [0.4, 0.5) is 17.5 Å². The maximum Gasteiger partial charge on any atom is 0.332 e. The molecule has 1 heterocycles. The van der Waals surface area contributed by atoms with Gasteiger partial charge in [-0.25, -0.2) is 4.98 Å². The molecule has 0 amide bonds. The number of hydrogen-bond acceptors (Lipinski definition) is 7. The van der Waals surface area contributed by atoms with E-state index in [2.05, 4.69) is 15.3 Å². The standard InChI is InChI=1S/C9H15N5O2S/c1-5(17-3)4-11-8-7(14(15)16)6(2)12-9(10)13-8/h5H,4H2,1-3H3,(H3,10,11,12,13). The summed E-state index contributed by atoms with van der Waals surface area (Å²) in [7, 11) is 0. The van der Waals surface area contributed by atoms with Crippen molar-refractivity contribution in [1.82, 2.24) is 9.97 Å². The van der Waals surface area contributed by atoms with Crippen molar-refractivity contribution in [3.63, 3.8) is 0 Å². The Morgan fingerprint density at radius 2 is 2.24 bits per heavy atom. The number of nitrogen functional groups attached to an aromatic ring is 1. The van der Waals surface area contributed by atoms with Gasteiger partial charge in [-0.05, 0) is 13.2 Å². The fraction of sp³-hybridized carbons (Fsp3) is 0.556. The van der Waals surface area contributed by atoms with Crippen LogP contribution in [0.25, 0.3) is 0 Å². The van der Waals surface area contributed by atoms with Crippen LogP contribution in [0.1, 0.15) is 12.6 Å². The Bertz CT molecular complexity index is 426. The molecule has 0 saturated heterocycles. The van der Waals surface area contributed by atoms with E-state index in [0.717, 1.165) is 0 Å². The van der Waals surface area contributed by atoms with E-state index in [0.29, 0.717) is 11.8 Å². The van der Waals surface area contributed by atoms with Crippen molar-refractivity contribution in [2.75, 3.05) is 23.9 Å². The fourth-order valence-corrected chi connectivity index (χ4v) is 1.50. The lowest BCUT2D eigenvalue weighted by atomic mass is 10.3. The van der Waals surface area contributed by atoms with E-state index in [1.165, 1.54) is 0 Å². The average Bonchev–Trinajstić information content (AvgIpc) is 2.24. The second-order valence-corrected chi connectivity index (χ2v) is 4.82. The molecule has 1 aromatic heterocycles. The van der Waals surface area contributed by atoms with Gasteiger partial charge in [0.05, 0.1) is 4.92 Å². The second kappa shape index (κ2) is 5.67. The van der Waals surface area contributed by atoms with Crippen LogP contribution in [0, 0.1) is 17.0 Å². The molecule has 0 bridgehead atoms. The summed E-state index contributed by atoms with van der Waals surface area (Å²) in [5.74, 6) is 0.216. The highest BCUT2D eigenvalue weighted by molar-refractivity contribution is 7.99. The van der Waals surface area contributed by atoms with Gasteiger partial charge >= 0.3 is 5.69 Å². The van der Waals surface area contributed by atoms with Crippen molar-refractivity contribution in [3.8, 4) is 0 Å². The number of anilines is 2. The van der Waals surface area contributed by atoms with Crippen molar-refractivity contribution < 1.29 is 4.92 Å². The fourth-order valence-electron chi connectivity index (χ4n) is 1.25. The smallest absolute Gasteiger partial charge is 0.332 e. The Kier molecular flexibility index (Phi) is 4.50. The van der Waals surface area contributed by atoms with Crippen molar-refractivity contribution in [2.24, 2.45) is 0 Å². The van der Waals surface area contributed by atoms with Gasteiger partial charge in [0.1, 0.15) is 5.69 Å². The lowest BCUT2D eigenvalue weighted by Crippen LogP contribution is -2.16. The van der Waals surface area contributed by atoms with Crippen LogP contribution >= 0.6 is 11.8 Å². The Hall–Kier alpha value is -1.57. The third-order valence-electron chi connectivity index (χ3n) is 2.22. The average molecular weight is 257 g/mol. The highest BCUT2D eigenvalue weighted by Gasteiger charge is 2.21. The molecule has 94 valence electrons. The number of aromatic nitrogens is 2. The van der Waals surface area contributed by atoms with Gasteiger partial charge in [-0.2, -0.15) is 16.7 Å². The van der Waals surface area contributed by atoms with Gasteiger partial charge in [0.15, 0.2) is 0 Å². The normalized spacial score (nSPS) is 12.2. The number of nitrogens with zero attached hydrogens (tertiary/aromatic N) is 3. The highest BCUT2D eigenvalue weighted by atomic mass is 32.2. The Balaban J connectivity index is 3.00. The first-order valence-corrected chi connectivity index (χ1v) is 6.29. The zero-order valence-corrected chi connectivity index (χ0v) is 10.7. The Morgan fingerprint density at radius 3 is 2.76 bits per heavy atom. The predicted molar refractivity (Wildman–Crippen MR) is 69.3 cm³/mol. The number of thioether (sulfide) groups is 1. The maximum absolute atomic E-state index is 10.9. The molecule has 1 rings (SSSR count). The second-order valence-electron chi connectivity index (χ2n) is 3.55. The van der Waals surface area contributed by atoms with Gasteiger partial charge in [0.25, 0.3) is 0 Å². The minimum atomic E-state index is -0.499. The SMILES string of the molecule is CSC(C)CNc1nc(N)nc(C)c1[N+](=O)[O-]. The van der Waals surface area contributed by atoms with Gasteiger partial charge in [-0.3, -0.25) is 10.1 Å². The molecular weight excluding hydrogens is 242 g/mol. The summed E-state index contributed by atoms with van der Waals surface area (Å²) in [6.07, 6.45) is 1.97. The lowest BCUT2D eigenvalue weighted by molar-refractivity contribution is -0.385. The number of nitro groups is 1. The van der Waals surface area contributed by atoms with Gasteiger partial charge in [-0.1, -0.05) is 6.92 Å². The van der Waals surface area contributed by atoms with Crippen LogP contribution in [0.3, 0.4) is 0 Å². The predicted octanol–water partition coefficient (Wildman–Crippen LogP) is 1.44. The van der Waals surface area contributed by atoms with Gasteiger partial charge in [0, 0.05) is 11.8 Å². The molecule has 0 aliphatic carbocycles. The zero-order valence-electron chi connectivity index (χ0n) is 9.93. The van der Waals surface area contributed by atoms with E-state index in [9.17, 15) is 10.1 Å². The highest BCUT2D eigenvalue weighted by Crippen LogP contribution is 2.25. The first-order valence-electron chi connectivity index (χ1n) is 5.00. The van der Waals surface area contributed by atoms with E-state index in [-0.39, 0.29) is 23.1 Å². The van der Waals surface area contributed by atoms with Crippen molar-refractivity contribution in [1.29, 1.82) is 0 Å². The van der Waals surface area contributed by atoms with Gasteiger partial charge < -0.3 is 11.1 Å². The van der Waals surface area contributed by atoms with Crippen LogP contribution in [-0.2, 0) is 0 Å². The summed E-state index contributed by atoms with van der Waals surface area (Å²) < 4.78 is 0. The van der Waals surface area contributed by atoms with Crippen molar-refractivity contribution >= 4 is 29.2 Å². The molecule has 17 heavy (non-hydrogen) atoms. The molecule has 1 unspecified atom stereocenters. The van der Waals surface area contributed by atoms with Crippen molar-refractivity contribution in [2.45, 2.75) is 19.1 Å². The molecule has 0 saturated carbocycles. The zero-order chi connectivity index (χ0) is 13.0. The van der Waals surface area contributed by atoms with E-state index in [1.807, 2.05) is 13.2 Å². The lowest BCUT2D eigenvalue weighted by Gasteiger charge is -2.11. The molecule has 3 N–H and O–H groups in total. The van der Waals surface area contributed by atoms with Crippen LogP contribution in [0.5, 0.6) is 0 Å². The van der Waals surface area contributed by atoms with E-state index >= 15 is 0 Å². The molecule has 0 fully saturated rings. The van der Waals surface area contributed by atoms with E-state index in [4.69, 9.17) is 5.73 Å². The molecule has 0 radical (unpaired) electrons. The molecule has 8 heteroatoms. The molecule has 0 aromatic carbocycles. The molecular formula is C9H15N5O2S. The molecule has 0 spiro atoms. The quantitative estimate of drug-likeness (QED) is 0.607. The van der Waals surface area contributed by atoms with Crippen LogP contribution in [0.15, 0.2) is 0 Å². The number of aryl methyl sites for hydroxylation is 1. The molecule has 0 aliphatic rings. The van der Waals surface area contributed by atoms with Crippen molar-refractivity contribution in [3.05, 3.63) is 15.8 Å². The first kappa shape index (κ1) is 13.5. The van der Waals surface area contributed by atoms with Crippen LogP contribution < -0.4 is 11.1 Å². The Morgan fingerprint density at radius 1 is 1.59 bits per heavy atom. The van der Waals surface area contributed by atoms with E-state index < -0.39 is 4.92 Å². The Labute approximate surface area is 103 Å². The summed E-state index contributed by atoms with van der Waals surface area (Å²) in [5.41, 5.74) is 5.62. The third-order valence-corrected chi connectivity index (χ3v) is 3.19. The van der Waals surface area contributed by atoms with Crippen LogP contribution in [0.2, 0.25) is 0 Å². The maximum atomic E-state index is 10.9. The summed E-state index contributed by atoms with van der Waals surface area (Å²) in [6.45, 7) is 4.14. The number of hydrogen-bond donors (Lipinski definition) is 2. The van der Waals surface area contributed by atoms with E-state index in [1.54, 1.807) is 18.7 Å².